The topological polar surface area (TPSA) is 17.8 Å². The molecule has 0 radical (unpaired) electrons. The van der Waals surface area contributed by atoms with Crippen molar-refractivity contribution in [3.8, 4) is 0 Å². The lowest BCUT2D eigenvalue weighted by molar-refractivity contribution is 0.621. The molecule has 0 aliphatic heterocycles. The molecule has 1 atom stereocenters. The molecule has 1 heterocycles. The second-order valence-corrected chi connectivity index (χ2v) is 4.78. The summed E-state index contributed by atoms with van der Waals surface area (Å²) in [5.74, 6) is 0.0922. The Hall–Kier alpha value is -1.16. The SMILES string of the molecule is Cn1cc(CC(CBr)c2cccc(F)c2)cn1. The van der Waals surface area contributed by atoms with Gasteiger partial charge in [-0.25, -0.2) is 4.39 Å². The Bertz CT molecular complexity index is 496. The average Bonchev–Trinajstić information content (AvgIpc) is 2.72. The first-order valence-corrected chi connectivity index (χ1v) is 6.60. The minimum Gasteiger partial charge on any atom is -0.276 e. The van der Waals surface area contributed by atoms with Crippen LogP contribution in [0.25, 0.3) is 0 Å². The molecule has 0 aliphatic rings. The van der Waals surface area contributed by atoms with Crippen LogP contribution < -0.4 is 0 Å². The Kier molecular flexibility index (Phi) is 3.94. The Labute approximate surface area is 109 Å². The summed E-state index contributed by atoms with van der Waals surface area (Å²) in [7, 11) is 1.90. The average molecular weight is 297 g/mol. The van der Waals surface area contributed by atoms with Crippen LogP contribution in [-0.4, -0.2) is 15.1 Å². The van der Waals surface area contributed by atoms with E-state index in [0.29, 0.717) is 0 Å². The number of hydrogen-bond donors (Lipinski definition) is 0. The molecule has 0 saturated carbocycles. The number of aryl methyl sites for hydroxylation is 1. The van der Waals surface area contributed by atoms with E-state index in [1.807, 2.05) is 25.5 Å². The summed E-state index contributed by atoms with van der Waals surface area (Å²) in [6.45, 7) is 0. The second-order valence-electron chi connectivity index (χ2n) is 4.13. The van der Waals surface area contributed by atoms with Gasteiger partial charge in [0.25, 0.3) is 0 Å². The maximum absolute atomic E-state index is 13.2. The van der Waals surface area contributed by atoms with Crippen molar-refractivity contribution in [3.05, 3.63) is 53.6 Å². The van der Waals surface area contributed by atoms with Gasteiger partial charge in [-0.2, -0.15) is 5.10 Å². The zero-order valence-electron chi connectivity index (χ0n) is 9.61. The van der Waals surface area contributed by atoms with Gasteiger partial charge in [0.15, 0.2) is 0 Å². The first-order chi connectivity index (χ1) is 8.19. The molecule has 0 saturated heterocycles. The van der Waals surface area contributed by atoms with Gasteiger partial charge in [-0.1, -0.05) is 28.1 Å². The minimum atomic E-state index is -0.181. The van der Waals surface area contributed by atoms with Crippen LogP contribution in [0.1, 0.15) is 17.0 Å². The summed E-state index contributed by atoms with van der Waals surface area (Å²) in [4.78, 5) is 0. The van der Waals surface area contributed by atoms with Crippen LogP contribution in [0.5, 0.6) is 0 Å². The third-order valence-electron chi connectivity index (χ3n) is 2.75. The van der Waals surface area contributed by atoms with Crippen molar-refractivity contribution in [2.24, 2.45) is 7.05 Å². The molecule has 1 unspecified atom stereocenters. The summed E-state index contributed by atoms with van der Waals surface area (Å²) in [6.07, 6.45) is 4.71. The summed E-state index contributed by atoms with van der Waals surface area (Å²) in [6, 6.07) is 6.79. The number of nitrogens with zero attached hydrogens (tertiary/aromatic N) is 2. The molecular weight excluding hydrogens is 283 g/mol. The number of benzene rings is 1. The highest BCUT2D eigenvalue weighted by molar-refractivity contribution is 9.09. The molecule has 0 spiro atoms. The number of rotatable bonds is 4. The van der Waals surface area contributed by atoms with E-state index in [1.54, 1.807) is 16.8 Å². The fraction of sp³-hybridized carbons (Fsp3) is 0.308. The van der Waals surface area contributed by atoms with E-state index in [1.165, 1.54) is 11.6 Å². The van der Waals surface area contributed by atoms with Crippen molar-refractivity contribution in [2.75, 3.05) is 5.33 Å². The molecular formula is C13H14BrFN2. The molecule has 90 valence electrons. The lowest BCUT2D eigenvalue weighted by atomic mass is 9.95. The van der Waals surface area contributed by atoms with E-state index in [9.17, 15) is 4.39 Å². The molecule has 2 nitrogen and oxygen atoms in total. The number of aromatic nitrogens is 2. The molecule has 0 fully saturated rings. The minimum absolute atomic E-state index is 0.181. The van der Waals surface area contributed by atoms with Crippen molar-refractivity contribution < 1.29 is 4.39 Å². The smallest absolute Gasteiger partial charge is 0.123 e. The predicted molar refractivity (Wildman–Crippen MR) is 69.8 cm³/mol. The largest absolute Gasteiger partial charge is 0.276 e. The molecule has 2 rings (SSSR count). The maximum atomic E-state index is 13.2. The third-order valence-corrected chi connectivity index (χ3v) is 3.53. The standard InChI is InChI=1S/C13H14BrFN2/c1-17-9-10(8-16-17)5-12(7-14)11-3-2-4-13(15)6-11/h2-4,6,8-9,12H,5,7H2,1H3. The second kappa shape index (κ2) is 5.45. The molecule has 2 aromatic rings. The molecule has 1 aromatic heterocycles. The first kappa shape index (κ1) is 12.3. The van der Waals surface area contributed by atoms with Gasteiger partial charge in [0, 0.05) is 18.6 Å². The first-order valence-electron chi connectivity index (χ1n) is 5.48. The Morgan fingerprint density at radius 2 is 2.29 bits per heavy atom. The number of halogens is 2. The highest BCUT2D eigenvalue weighted by Crippen LogP contribution is 2.23. The Morgan fingerprint density at radius 1 is 1.47 bits per heavy atom. The highest BCUT2D eigenvalue weighted by atomic mass is 79.9. The van der Waals surface area contributed by atoms with Gasteiger partial charge in [0.05, 0.1) is 6.20 Å². The fourth-order valence-electron chi connectivity index (χ4n) is 1.88. The summed E-state index contributed by atoms with van der Waals surface area (Å²) < 4.78 is 15.0. The molecule has 1 aromatic carbocycles. The van der Waals surface area contributed by atoms with E-state index in [2.05, 4.69) is 21.0 Å². The van der Waals surface area contributed by atoms with Gasteiger partial charge in [0.1, 0.15) is 5.82 Å². The van der Waals surface area contributed by atoms with Gasteiger partial charge in [-0.15, -0.1) is 0 Å². The molecule has 0 N–H and O–H groups in total. The van der Waals surface area contributed by atoms with Crippen LogP contribution in [-0.2, 0) is 13.5 Å². The maximum Gasteiger partial charge on any atom is 0.123 e. The molecule has 0 aliphatic carbocycles. The van der Waals surface area contributed by atoms with Crippen LogP contribution in [0.3, 0.4) is 0 Å². The van der Waals surface area contributed by atoms with E-state index in [4.69, 9.17) is 0 Å². The van der Waals surface area contributed by atoms with E-state index < -0.39 is 0 Å². The highest BCUT2D eigenvalue weighted by Gasteiger charge is 2.12. The fourth-order valence-corrected chi connectivity index (χ4v) is 2.49. The van der Waals surface area contributed by atoms with Gasteiger partial charge in [-0.3, -0.25) is 4.68 Å². The van der Waals surface area contributed by atoms with Crippen LogP contribution in [0.15, 0.2) is 36.7 Å². The number of alkyl halides is 1. The van der Waals surface area contributed by atoms with Crippen molar-refractivity contribution in [1.29, 1.82) is 0 Å². The predicted octanol–water partition coefficient (Wildman–Crippen LogP) is 3.28. The third kappa shape index (κ3) is 3.16. The van der Waals surface area contributed by atoms with Gasteiger partial charge < -0.3 is 0 Å². The van der Waals surface area contributed by atoms with Crippen LogP contribution in [0.2, 0.25) is 0 Å². The summed E-state index contributed by atoms with van der Waals surface area (Å²) in [5.41, 5.74) is 2.19. The van der Waals surface area contributed by atoms with Crippen LogP contribution in [0, 0.1) is 5.82 Å². The zero-order valence-corrected chi connectivity index (χ0v) is 11.2. The van der Waals surface area contributed by atoms with Crippen molar-refractivity contribution >= 4 is 15.9 Å². The summed E-state index contributed by atoms with van der Waals surface area (Å²) >= 11 is 3.49. The van der Waals surface area contributed by atoms with E-state index >= 15 is 0 Å². The van der Waals surface area contributed by atoms with Gasteiger partial charge in [0.2, 0.25) is 0 Å². The van der Waals surface area contributed by atoms with Crippen LogP contribution in [0.4, 0.5) is 4.39 Å². The van der Waals surface area contributed by atoms with E-state index in [0.717, 1.165) is 17.3 Å². The monoisotopic (exact) mass is 296 g/mol. The van der Waals surface area contributed by atoms with Crippen molar-refractivity contribution in [1.82, 2.24) is 9.78 Å². The van der Waals surface area contributed by atoms with Crippen LogP contribution >= 0.6 is 15.9 Å². The summed E-state index contributed by atoms with van der Waals surface area (Å²) in [5, 5.41) is 4.95. The van der Waals surface area contributed by atoms with Crippen molar-refractivity contribution in [3.63, 3.8) is 0 Å². The molecule has 0 amide bonds. The number of hydrogen-bond acceptors (Lipinski definition) is 1. The van der Waals surface area contributed by atoms with Gasteiger partial charge in [-0.05, 0) is 35.6 Å². The van der Waals surface area contributed by atoms with Gasteiger partial charge >= 0.3 is 0 Å². The van der Waals surface area contributed by atoms with Crippen molar-refractivity contribution in [2.45, 2.75) is 12.3 Å². The lowest BCUT2D eigenvalue weighted by Gasteiger charge is -2.13. The Balaban J connectivity index is 2.16. The normalized spacial score (nSPS) is 12.6. The lowest BCUT2D eigenvalue weighted by Crippen LogP contribution is -2.04. The zero-order chi connectivity index (χ0) is 12.3. The molecule has 17 heavy (non-hydrogen) atoms. The quantitative estimate of drug-likeness (QED) is 0.792. The molecule has 4 heteroatoms. The Morgan fingerprint density at radius 3 is 2.88 bits per heavy atom. The molecule has 0 bridgehead atoms. The van der Waals surface area contributed by atoms with E-state index in [-0.39, 0.29) is 11.7 Å².